The van der Waals surface area contributed by atoms with Crippen LogP contribution in [0.15, 0.2) is 18.2 Å². The van der Waals surface area contributed by atoms with Gasteiger partial charge in [0.2, 0.25) is 0 Å². The topological polar surface area (TPSA) is 44.8 Å². The van der Waals surface area contributed by atoms with Crippen molar-refractivity contribution in [3.05, 3.63) is 29.3 Å². The van der Waals surface area contributed by atoms with Gasteiger partial charge in [-0.2, -0.15) is 0 Å². The van der Waals surface area contributed by atoms with Crippen molar-refractivity contribution in [3.8, 4) is 5.75 Å². The third-order valence-electron chi connectivity index (χ3n) is 7.43. The van der Waals surface area contributed by atoms with Crippen LogP contribution in [0.1, 0.15) is 49.7 Å². The fourth-order valence-corrected chi connectivity index (χ4v) is 6.99. The number of aryl methyl sites for hydroxylation is 1. The van der Waals surface area contributed by atoms with Crippen molar-refractivity contribution in [2.24, 2.45) is 17.3 Å². The first-order chi connectivity index (χ1) is 14.0. The maximum absolute atomic E-state index is 13.4. The van der Waals surface area contributed by atoms with Crippen molar-refractivity contribution in [2.45, 2.75) is 50.7 Å². The Kier molecular flexibility index (Phi) is 4.07. The van der Waals surface area contributed by atoms with Crippen LogP contribution in [0.3, 0.4) is 0 Å². The molecule has 5 unspecified atom stereocenters. The maximum Gasteiger partial charge on any atom is 0.174 e. The molecule has 5 rings (SSSR count). The minimum Gasteiger partial charge on any atom is -0.423 e. The molecule has 27 heavy (non-hydrogen) atoms. The van der Waals surface area contributed by atoms with Crippen molar-refractivity contribution < 1.29 is 18.5 Å². The number of hydrogen-bond donors (Lipinski definition) is 0. The van der Waals surface area contributed by atoms with Gasteiger partial charge in [0.15, 0.2) is 5.79 Å². The van der Waals surface area contributed by atoms with Crippen LogP contribution in [0, 0.1) is 17.3 Å². The molecule has 4 aliphatic rings. The zero-order valence-corrected chi connectivity index (χ0v) is 17.2. The van der Waals surface area contributed by atoms with Crippen molar-refractivity contribution in [1.29, 1.82) is 2.61 Å². The Morgan fingerprint density at radius 1 is 1.44 bits per heavy atom. The predicted octanol–water partition coefficient (Wildman–Crippen LogP) is 3.90. The number of Topliss-reactive ketones (excluding diaryl/α,β-unsaturated/α-hetero) is 1. The van der Waals surface area contributed by atoms with Crippen molar-refractivity contribution >= 4 is 32.6 Å². The Morgan fingerprint density at radius 2 is 2.30 bits per heavy atom. The van der Waals surface area contributed by atoms with Gasteiger partial charge in [-0.25, -0.2) is 0 Å². The quantitative estimate of drug-likeness (QED) is 0.431. The summed E-state index contributed by atoms with van der Waals surface area (Å²) in [5, 5.41) is 0. The minimum atomic E-state index is -1.34. The number of carbonyl (C=O) groups excluding carboxylic acids is 1. The molecule has 3 fully saturated rings. The van der Waals surface area contributed by atoms with E-state index in [1.807, 2.05) is 18.2 Å². The van der Waals surface area contributed by atoms with Crippen LogP contribution < -0.4 is 4.18 Å². The molecule has 1 aromatic rings. The van der Waals surface area contributed by atoms with Crippen molar-refractivity contribution in [3.63, 3.8) is 0 Å². The molecule has 4 nitrogen and oxygen atoms in total. The molecule has 1 radical (unpaired) electrons. The molecule has 2 saturated carbocycles. The van der Waals surface area contributed by atoms with Crippen LogP contribution in [0.4, 0.5) is 0 Å². The summed E-state index contributed by atoms with van der Waals surface area (Å²) in [5.74, 6) is 1.22. The van der Waals surface area contributed by atoms with E-state index in [1.165, 1.54) is 5.56 Å². The molecule has 0 N–H and O–H groups in total. The van der Waals surface area contributed by atoms with Gasteiger partial charge < -0.3 is 13.7 Å². The number of benzene rings is 1. The number of fused-ring (bicyclic) bond motifs is 6. The Labute approximate surface area is 170 Å². The molecule has 1 heterocycles. The van der Waals surface area contributed by atoms with E-state index in [0.717, 1.165) is 50.4 Å². The largest absolute Gasteiger partial charge is 0.423 e. The van der Waals surface area contributed by atoms with Gasteiger partial charge in [0.05, 0.1) is 26.2 Å². The fraction of sp³-hybridized carbons (Fsp3) is 0.650. The first kappa shape index (κ1) is 16.3. The van der Waals surface area contributed by atoms with E-state index in [0.29, 0.717) is 43.0 Å². The molecule has 7 heteroatoms. The van der Waals surface area contributed by atoms with E-state index in [4.69, 9.17) is 16.3 Å². The Balaban J connectivity index is 1.41. The molecule has 5 atom stereocenters. The lowest BCUT2D eigenvalue weighted by Gasteiger charge is -2.51. The van der Waals surface area contributed by atoms with E-state index >= 15 is 0 Å². The number of ether oxygens (including phenoxy) is 2. The zero-order valence-electron chi connectivity index (χ0n) is 17.5. The van der Waals surface area contributed by atoms with E-state index in [-0.39, 0.29) is 11.3 Å². The highest BCUT2D eigenvalue weighted by atomic mass is 32.7. The average molecular weight is 406 g/mol. The normalized spacial score (nSPS) is 38.4. The summed E-state index contributed by atoms with van der Waals surface area (Å²) in [7, 11) is -0.241. The third-order valence-corrected chi connectivity index (χ3v) is 8.27. The van der Waals surface area contributed by atoms with Gasteiger partial charge in [-0.05, 0) is 55.7 Å². The smallest absolute Gasteiger partial charge is 0.174 e. The van der Waals surface area contributed by atoms with Gasteiger partial charge in [-0.3, -0.25) is 4.79 Å². The van der Waals surface area contributed by atoms with Crippen LogP contribution in [-0.4, -0.2) is 34.9 Å². The highest BCUT2D eigenvalue weighted by Gasteiger charge is 2.66. The summed E-state index contributed by atoms with van der Waals surface area (Å²) in [6.45, 7) is 3.48. The van der Waals surface area contributed by atoms with Crippen LogP contribution in [0.2, 0.25) is 0 Å². The van der Waals surface area contributed by atoms with Gasteiger partial charge in [-0.1, -0.05) is 20.6 Å². The average Bonchev–Trinajstić information content (AvgIpc) is 3.31. The number of ketones is 1. The SMILES string of the molecule is [2H]P([B][3H])SOc1ccc2c(c1)CCC1C2C(=O)CC2(C)C1CCC21OCCO1. The van der Waals surface area contributed by atoms with Gasteiger partial charge in [0.25, 0.3) is 0 Å². The molecule has 1 saturated heterocycles. The molecule has 143 valence electrons. The van der Waals surface area contributed by atoms with E-state index in [9.17, 15) is 4.79 Å². The number of carbonyl (C=O) groups is 1. The van der Waals surface area contributed by atoms with Crippen molar-refractivity contribution in [1.82, 2.24) is 0 Å². The Morgan fingerprint density at radius 3 is 3.11 bits per heavy atom. The first-order valence-electron chi connectivity index (χ1n) is 10.8. The predicted molar refractivity (Wildman–Crippen MR) is 110 cm³/mol. The minimum absolute atomic E-state index is 0.0371. The summed E-state index contributed by atoms with van der Waals surface area (Å²) in [4.78, 5) is 13.4. The van der Waals surface area contributed by atoms with Crippen molar-refractivity contribution in [2.75, 3.05) is 13.2 Å². The van der Waals surface area contributed by atoms with E-state index < -0.39 is 13.4 Å². The van der Waals surface area contributed by atoms with E-state index in [2.05, 4.69) is 6.92 Å². The summed E-state index contributed by atoms with van der Waals surface area (Å²) < 4.78 is 32.7. The second-order valence-corrected chi connectivity index (χ2v) is 10.1. The first-order valence-corrected chi connectivity index (χ1v) is 12.1. The van der Waals surface area contributed by atoms with Gasteiger partial charge >= 0.3 is 0 Å². The second-order valence-electron chi connectivity index (χ2n) is 8.46. The molecule has 1 spiro atoms. The highest BCUT2D eigenvalue weighted by molar-refractivity contribution is 8.53. The molecule has 1 aliphatic heterocycles. The lowest BCUT2D eigenvalue weighted by Crippen LogP contribution is -2.54. The van der Waals surface area contributed by atoms with Gasteiger partial charge in [-0.15, -0.1) is 0 Å². The second kappa shape index (κ2) is 6.76. The van der Waals surface area contributed by atoms with Crippen LogP contribution in [0.25, 0.3) is 0 Å². The molecular weight excluding hydrogens is 378 g/mol. The van der Waals surface area contributed by atoms with Crippen LogP contribution >= 0.6 is 19.3 Å². The van der Waals surface area contributed by atoms with Gasteiger partial charge in [0.1, 0.15) is 19.1 Å². The Bertz CT molecular complexity index is 824. The molecule has 3 aliphatic carbocycles. The highest BCUT2D eigenvalue weighted by Crippen LogP contribution is 2.65. The van der Waals surface area contributed by atoms with Gasteiger partial charge in [0, 0.05) is 24.2 Å². The molecule has 0 aromatic heterocycles. The summed E-state index contributed by atoms with van der Waals surface area (Å²) >= 11 is 1.02. The summed E-state index contributed by atoms with van der Waals surface area (Å²) in [6.07, 6.45) is 4.42. The van der Waals surface area contributed by atoms with Crippen LogP contribution in [0.5, 0.6) is 5.75 Å². The third kappa shape index (κ3) is 2.67. The summed E-state index contributed by atoms with van der Waals surface area (Å²) in [5.41, 5.74) is 2.11. The lowest BCUT2D eigenvalue weighted by atomic mass is 9.54. The van der Waals surface area contributed by atoms with E-state index in [1.54, 1.807) is 0 Å². The maximum atomic E-state index is 13.4. The molecule has 0 amide bonds. The number of rotatable bonds is 4. The lowest BCUT2D eigenvalue weighted by molar-refractivity contribution is -0.234. The number of hydrogen-bond acceptors (Lipinski definition) is 5. The molecule has 0 bridgehead atoms. The standard InChI is InChI=1S/C20H25BO4PS/c1-19-11-17(22)18-14-5-3-13(25-27-26-21)10-12(14)2-4-15(18)16(19)6-7-20(19)23-8-9-24-20/h3,5,10,15-16,18,21,26H,2,4,6-9,11H2,1H3/i21T,26D. The molecular formula is C20H25BO4PS. The summed E-state index contributed by atoms with van der Waals surface area (Å²) in [6, 6.07) is 5.97. The fourth-order valence-electron chi connectivity index (χ4n) is 6.37. The monoisotopic (exact) mass is 406 g/mol. The zero-order chi connectivity index (χ0) is 20.2. The Hall–Kier alpha value is -0.545. The van der Waals surface area contributed by atoms with Crippen LogP contribution in [-0.2, 0) is 20.7 Å². The molecule has 1 aromatic carbocycles.